The van der Waals surface area contributed by atoms with Crippen LogP contribution in [0.25, 0.3) is 0 Å². The van der Waals surface area contributed by atoms with E-state index in [0.29, 0.717) is 9.37 Å². The summed E-state index contributed by atoms with van der Waals surface area (Å²) in [7, 11) is 0. The fraction of sp³-hybridized carbons (Fsp3) is 0.100. The Balaban J connectivity index is 2.74. The zero-order valence-electron chi connectivity index (χ0n) is 8.15. The van der Waals surface area contributed by atoms with Gasteiger partial charge in [0.2, 0.25) is 0 Å². The Morgan fingerprint density at radius 1 is 1.38 bits per heavy atom. The Labute approximate surface area is 98.8 Å². The smallest absolute Gasteiger partial charge is 0.419 e. The van der Waals surface area contributed by atoms with E-state index < -0.39 is 17.8 Å². The lowest BCUT2D eigenvalue weighted by Crippen LogP contribution is -2.34. The molecule has 0 saturated carbocycles. The number of carbonyl (C=O) groups excluding carboxylic acids is 2. The molecule has 1 aliphatic heterocycles. The summed E-state index contributed by atoms with van der Waals surface area (Å²) in [5.41, 5.74) is 1.000. The maximum Gasteiger partial charge on any atom is 0.419 e. The molecule has 16 heavy (non-hydrogen) atoms. The Morgan fingerprint density at radius 2 is 2.00 bits per heavy atom. The molecule has 82 valence electrons. The molecule has 0 radical (unpaired) electrons. The Hall–Kier alpha value is -1.69. The van der Waals surface area contributed by atoms with Crippen LogP contribution in [-0.4, -0.2) is 22.9 Å². The van der Waals surface area contributed by atoms with Crippen LogP contribution in [0.5, 0.6) is 0 Å². The average molecular weight is 284 g/mol. The number of rotatable bonds is 0. The average Bonchev–Trinajstić information content (AvgIpc) is 2.46. The molecule has 1 aromatic rings. The van der Waals surface area contributed by atoms with Crippen LogP contribution >= 0.6 is 15.9 Å². The molecule has 0 aromatic heterocycles. The monoisotopic (exact) mass is 283 g/mol. The summed E-state index contributed by atoms with van der Waals surface area (Å²) >= 11 is 3.18. The van der Waals surface area contributed by atoms with Crippen LogP contribution in [0.15, 0.2) is 16.6 Å². The lowest BCUT2D eigenvalue weighted by Gasteiger charge is -2.10. The van der Waals surface area contributed by atoms with Crippen molar-refractivity contribution in [3.8, 4) is 0 Å². The number of imide groups is 1. The Bertz CT molecular complexity index is 538. The molecule has 1 heterocycles. The fourth-order valence-electron chi connectivity index (χ4n) is 1.58. The van der Waals surface area contributed by atoms with Crippen molar-refractivity contribution in [3.63, 3.8) is 0 Å². The summed E-state index contributed by atoms with van der Waals surface area (Å²) in [4.78, 5) is 34.4. The lowest BCUT2D eigenvalue weighted by molar-refractivity contribution is -0.113. The molecular weight excluding hydrogens is 278 g/mol. The summed E-state index contributed by atoms with van der Waals surface area (Å²) in [5, 5.41) is 8.85. The van der Waals surface area contributed by atoms with E-state index in [1.54, 1.807) is 13.0 Å². The number of Topliss-reactive ketones (excluding diaryl/α,β-unsaturated/α-hetero) is 1. The minimum atomic E-state index is -1.45. The zero-order chi connectivity index (χ0) is 12.0. The molecule has 6 heteroatoms. The highest BCUT2D eigenvalue weighted by atomic mass is 79.9. The van der Waals surface area contributed by atoms with Crippen LogP contribution < -0.4 is 4.90 Å². The highest BCUT2D eigenvalue weighted by Crippen LogP contribution is 2.36. The van der Waals surface area contributed by atoms with Gasteiger partial charge < -0.3 is 5.11 Å². The molecule has 1 aromatic carbocycles. The predicted octanol–water partition coefficient (Wildman–Crippen LogP) is 1.96. The van der Waals surface area contributed by atoms with Crippen LogP contribution in [0.1, 0.15) is 15.9 Å². The molecule has 0 saturated heterocycles. The van der Waals surface area contributed by atoms with Gasteiger partial charge in [-0.3, -0.25) is 9.59 Å². The van der Waals surface area contributed by atoms with Gasteiger partial charge in [0.1, 0.15) is 0 Å². The van der Waals surface area contributed by atoms with Crippen molar-refractivity contribution in [1.29, 1.82) is 0 Å². The van der Waals surface area contributed by atoms with Gasteiger partial charge in [0.05, 0.1) is 11.3 Å². The predicted molar refractivity (Wildman–Crippen MR) is 58.7 cm³/mol. The van der Waals surface area contributed by atoms with Gasteiger partial charge in [-0.25, -0.2) is 9.69 Å². The number of amides is 2. The number of hydrogen-bond acceptors (Lipinski definition) is 3. The first-order valence-corrected chi connectivity index (χ1v) is 5.15. The minimum Gasteiger partial charge on any atom is -0.464 e. The lowest BCUT2D eigenvalue weighted by atomic mass is 10.1. The van der Waals surface area contributed by atoms with Gasteiger partial charge in [-0.1, -0.05) is 6.07 Å². The van der Waals surface area contributed by atoms with Crippen molar-refractivity contribution >= 4 is 39.4 Å². The number of carbonyl (C=O) groups is 3. The molecule has 0 atom stereocenters. The molecule has 0 aliphatic carbocycles. The van der Waals surface area contributed by atoms with Gasteiger partial charge in [-0.05, 0) is 34.5 Å². The Morgan fingerprint density at radius 3 is 2.56 bits per heavy atom. The number of nitrogens with zero attached hydrogens (tertiary/aromatic N) is 1. The first-order chi connectivity index (χ1) is 7.45. The minimum absolute atomic E-state index is 0.111. The van der Waals surface area contributed by atoms with Gasteiger partial charge in [0.25, 0.3) is 5.78 Å². The first kappa shape index (κ1) is 10.8. The van der Waals surface area contributed by atoms with E-state index in [4.69, 9.17) is 5.11 Å². The molecule has 1 N–H and O–H groups in total. The summed E-state index contributed by atoms with van der Waals surface area (Å²) in [6, 6.07) is 3.09. The van der Waals surface area contributed by atoms with Crippen LogP contribution in [0, 0.1) is 6.92 Å². The van der Waals surface area contributed by atoms with Crippen molar-refractivity contribution in [3.05, 3.63) is 27.7 Å². The third kappa shape index (κ3) is 1.26. The summed E-state index contributed by atoms with van der Waals surface area (Å²) in [6.07, 6.45) is -1.45. The second-order valence-electron chi connectivity index (χ2n) is 3.34. The number of anilines is 1. The summed E-state index contributed by atoms with van der Waals surface area (Å²) in [5.74, 6) is -1.83. The van der Waals surface area contributed by atoms with Crippen molar-refractivity contribution in [2.45, 2.75) is 6.92 Å². The second-order valence-corrected chi connectivity index (χ2v) is 4.14. The highest BCUT2D eigenvalue weighted by molar-refractivity contribution is 9.10. The molecule has 1 aliphatic rings. The van der Waals surface area contributed by atoms with Crippen LogP contribution in [0.4, 0.5) is 10.5 Å². The van der Waals surface area contributed by atoms with Crippen molar-refractivity contribution < 1.29 is 19.5 Å². The number of halogens is 1. The number of fused-ring (bicyclic) bond motifs is 1. The van der Waals surface area contributed by atoms with Crippen LogP contribution in [0.3, 0.4) is 0 Å². The van der Waals surface area contributed by atoms with Crippen LogP contribution in [0.2, 0.25) is 0 Å². The molecule has 0 fully saturated rings. The van der Waals surface area contributed by atoms with Crippen LogP contribution in [-0.2, 0) is 4.79 Å². The number of aryl methyl sites for hydroxylation is 1. The number of ketones is 1. The van der Waals surface area contributed by atoms with E-state index in [-0.39, 0.29) is 11.3 Å². The Kier molecular flexibility index (Phi) is 2.31. The molecule has 2 rings (SSSR count). The standard InChI is InChI=1S/C10H6BrNO4/c1-4-2-3-5-6(7(4)11)8(13)9(14)12(5)10(15)16/h2-3H,1H3,(H,15,16). The van der Waals surface area contributed by atoms with E-state index in [9.17, 15) is 14.4 Å². The fourth-order valence-corrected chi connectivity index (χ4v) is 2.10. The molecule has 0 unspecified atom stereocenters. The van der Waals surface area contributed by atoms with Gasteiger partial charge in [-0.2, -0.15) is 0 Å². The second kappa shape index (κ2) is 3.41. The number of carboxylic acid groups (broad SMARTS) is 1. The maximum atomic E-state index is 11.6. The SMILES string of the molecule is Cc1ccc2c(c1Br)C(=O)C(=O)N2C(=O)O. The normalized spacial score (nSPS) is 14.2. The molecule has 0 bridgehead atoms. The molecule has 2 amide bonds. The van der Waals surface area contributed by atoms with Gasteiger partial charge in [0.15, 0.2) is 0 Å². The molecule has 5 nitrogen and oxygen atoms in total. The van der Waals surface area contributed by atoms with E-state index >= 15 is 0 Å². The van der Waals surface area contributed by atoms with E-state index in [1.165, 1.54) is 6.07 Å². The molecule has 0 spiro atoms. The summed E-state index contributed by atoms with van der Waals surface area (Å²) < 4.78 is 0.465. The van der Waals surface area contributed by atoms with E-state index in [2.05, 4.69) is 15.9 Å². The third-order valence-electron chi connectivity index (χ3n) is 2.37. The third-order valence-corrected chi connectivity index (χ3v) is 3.39. The van der Waals surface area contributed by atoms with E-state index in [1.807, 2.05) is 0 Å². The number of hydrogen-bond donors (Lipinski definition) is 1. The van der Waals surface area contributed by atoms with Crippen molar-refractivity contribution in [2.24, 2.45) is 0 Å². The molecular formula is C10H6BrNO4. The maximum absolute atomic E-state index is 11.6. The van der Waals surface area contributed by atoms with Crippen molar-refractivity contribution in [1.82, 2.24) is 0 Å². The summed E-state index contributed by atoms with van der Waals surface area (Å²) in [6.45, 7) is 1.76. The zero-order valence-corrected chi connectivity index (χ0v) is 9.74. The van der Waals surface area contributed by atoms with Gasteiger partial charge in [-0.15, -0.1) is 0 Å². The van der Waals surface area contributed by atoms with Gasteiger partial charge >= 0.3 is 12.0 Å². The van der Waals surface area contributed by atoms with Gasteiger partial charge in [0, 0.05) is 4.47 Å². The first-order valence-electron chi connectivity index (χ1n) is 4.36. The van der Waals surface area contributed by atoms with E-state index in [0.717, 1.165) is 5.56 Å². The quantitative estimate of drug-likeness (QED) is 0.739. The van der Waals surface area contributed by atoms with Crippen molar-refractivity contribution in [2.75, 3.05) is 4.90 Å². The topological polar surface area (TPSA) is 74.7 Å². The largest absolute Gasteiger partial charge is 0.464 e. The highest BCUT2D eigenvalue weighted by Gasteiger charge is 2.41. The number of benzene rings is 1.